The van der Waals surface area contributed by atoms with Gasteiger partial charge < -0.3 is 80.4 Å². The van der Waals surface area contributed by atoms with Gasteiger partial charge in [0.2, 0.25) is 0 Å². The highest BCUT2D eigenvalue weighted by Crippen LogP contribution is 1.95. The Balaban J connectivity index is -0.000000238. The lowest BCUT2D eigenvalue weighted by Crippen LogP contribution is -2.39. The number of carboxylic acid groups (broad SMARTS) is 5. The van der Waals surface area contributed by atoms with Crippen LogP contribution in [-0.2, 0) is 30.4 Å². The average molecular weight is 675 g/mol. The van der Waals surface area contributed by atoms with Crippen LogP contribution >= 0.6 is 12.6 Å². The molecule has 0 amide bonds. The van der Waals surface area contributed by atoms with Gasteiger partial charge in [-0.25, -0.2) is 4.98 Å². The van der Waals surface area contributed by atoms with Crippen molar-refractivity contribution in [2.45, 2.75) is 62.5 Å². The number of aliphatic hydroxyl groups is 2. The quantitative estimate of drug-likeness (QED) is 0.0378. The first kappa shape index (κ1) is 47.8. The second kappa shape index (κ2) is 28.7. The molecule has 22 N–H and O–H groups in total. The van der Waals surface area contributed by atoms with Crippen LogP contribution < -0.4 is 39.7 Å². The Morgan fingerprint density at radius 3 is 1.58 bits per heavy atom. The fraction of sp³-hybridized carbons (Fsp3) is 0.591. The van der Waals surface area contributed by atoms with Gasteiger partial charge >= 0.3 is 29.8 Å². The van der Waals surface area contributed by atoms with Crippen molar-refractivity contribution in [2.75, 3.05) is 18.9 Å². The number of thiol groups is 1. The molecule has 1 aromatic rings. The summed E-state index contributed by atoms with van der Waals surface area (Å²) in [6, 6.07) is -4.78. The molecular formula is C22H46N10O12S. The maximum Gasteiger partial charge on any atom is 0.323 e. The van der Waals surface area contributed by atoms with Gasteiger partial charge in [-0.1, -0.05) is 0 Å². The average Bonchev–Trinajstić information content (AvgIpc) is 3.47. The number of H-pyrrole nitrogens is 1. The molecule has 0 spiro atoms. The number of imidazole rings is 1. The normalized spacial score (nSPS) is 13.6. The van der Waals surface area contributed by atoms with Gasteiger partial charge in [-0.3, -0.25) is 29.4 Å². The van der Waals surface area contributed by atoms with E-state index < -0.39 is 72.8 Å². The smallest absolute Gasteiger partial charge is 0.323 e. The van der Waals surface area contributed by atoms with E-state index in [0.29, 0.717) is 25.1 Å². The number of aliphatic hydroxyl groups excluding tert-OH is 2. The monoisotopic (exact) mass is 674 g/mol. The lowest BCUT2D eigenvalue weighted by molar-refractivity contribution is -0.141. The van der Waals surface area contributed by atoms with Gasteiger partial charge in [0.05, 0.1) is 24.7 Å². The molecule has 45 heavy (non-hydrogen) atoms. The van der Waals surface area contributed by atoms with Crippen LogP contribution in [0.2, 0.25) is 0 Å². The summed E-state index contributed by atoms with van der Waals surface area (Å²) in [5.74, 6) is -5.29. The van der Waals surface area contributed by atoms with Crippen molar-refractivity contribution in [3.63, 3.8) is 0 Å². The number of aromatic amines is 1. The minimum atomic E-state index is -1.18. The molecule has 22 nitrogen and oxygen atoms in total. The highest BCUT2D eigenvalue weighted by Gasteiger charge is 2.16. The van der Waals surface area contributed by atoms with E-state index in [1.165, 1.54) is 13.3 Å². The van der Waals surface area contributed by atoms with Crippen LogP contribution in [0.15, 0.2) is 12.5 Å². The van der Waals surface area contributed by atoms with Crippen LogP contribution in [0.1, 0.15) is 25.5 Å². The van der Waals surface area contributed by atoms with Crippen molar-refractivity contribution in [3.05, 3.63) is 18.2 Å². The third kappa shape index (κ3) is 32.6. The van der Waals surface area contributed by atoms with Crippen molar-refractivity contribution < 1.29 is 59.7 Å². The van der Waals surface area contributed by atoms with E-state index in [4.69, 9.17) is 75.6 Å². The Hall–Kier alpha value is -4.10. The maximum atomic E-state index is 10.3. The Labute approximate surface area is 263 Å². The number of carbonyl (C=O) groups is 5. The van der Waals surface area contributed by atoms with Crippen LogP contribution in [0.3, 0.4) is 0 Å². The number of aliphatic carboxylic acids is 5. The van der Waals surface area contributed by atoms with Gasteiger partial charge in [0.25, 0.3) is 0 Å². The van der Waals surface area contributed by atoms with Crippen molar-refractivity contribution in [1.29, 1.82) is 5.41 Å². The molecule has 0 fully saturated rings. The molecule has 0 aliphatic carbocycles. The first-order valence-corrected chi connectivity index (χ1v) is 13.2. The Kier molecular flexibility index (Phi) is 30.5. The van der Waals surface area contributed by atoms with E-state index >= 15 is 0 Å². The number of aromatic nitrogens is 2. The van der Waals surface area contributed by atoms with E-state index in [2.05, 4.69) is 27.9 Å². The molecule has 0 aliphatic heterocycles. The number of nitrogens with two attached hydrogens (primary N) is 6. The molecule has 0 aromatic carbocycles. The highest BCUT2D eigenvalue weighted by atomic mass is 32.1. The third-order valence-corrected chi connectivity index (χ3v) is 4.85. The van der Waals surface area contributed by atoms with Crippen molar-refractivity contribution in [3.8, 4) is 0 Å². The summed E-state index contributed by atoms with van der Waals surface area (Å²) < 4.78 is 0. The molecule has 0 radical (unpaired) electrons. The van der Waals surface area contributed by atoms with Crippen LogP contribution in [-0.4, -0.2) is 137 Å². The summed E-state index contributed by atoms with van der Waals surface area (Å²) >= 11 is 3.65. The van der Waals surface area contributed by atoms with Gasteiger partial charge in [-0.15, -0.1) is 0 Å². The molecule has 262 valence electrons. The fourth-order valence-corrected chi connectivity index (χ4v) is 1.90. The van der Waals surface area contributed by atoms with Crippen molar-refractivity contribution in [1.82, 2.24) is 15.3 Å². The Morgan fingerprint density at radius 2 is 1.36 bits per heavy atom. The van der Waals surface area contributed by atoms with Gasteiger partial charge in [0.1, 0.15) is 30.2 Å². The van der Waals surface area contributed by atoms with E-state index in [0.717, 1.165) is 0 Å². The second-order valence-electron chi connectivity index (χ2n) is 8.50. The summed E-state index contributed by atoms with van der Waals surface area (Å²) in [5.41, 5.74) is 30.8. The van der Waals surface area contributed by atoms with E-state index in [1.54, 1.807) is 6.20 Å². The van der Waals surface area contributed by atoms with E-state index in [9.17, 15) is 24.0 Å². The number of guanidine groups is 1. The zero-order valence-electron chi connectivity index (χ0n) is 24.4. The molecule has 23 heteroatoms. The summed E-state index contributed by atoms with van der Waals surface area (Å²) in [7, 11) is 0. The predicted octanol–water partition coefficient (Wildman–Crippen LogP) is -5.48. The highest BCUT2D eigenvalue weighted by molar-refractivity contribution is 7.80. The minimum Gasteiger partial charge on any atom is -0.480 e. The molecule has 6 unspecified atom stereocenters. The number of hydrogen-bond donors (Lipinski definition) is 17. The third-order valence-electron chi connectivity index (χ3n) is 4.46. The molecule has 0 saturated carbocycles. The lowest BCUT2D eigenvalue weighted by atomic mass is 10.2. The lowest BCUT2D eigenvalue weighted by Gasteiger charge is -2.06. The van der Waals surface area contributed by atoms with Gasteiger partial charge in [0.15, 0.2) is 5.96 Å². The Morgan fingerprint density at radius 1 is 0.889 bits per heavy atom. The largest absolute Gasteiger partial charge is 0.480 e. The second-order valence-corrected chi connectivity index (χ2v) is 8.86. The van der Waals surface area contributed by atoms with Crippen LogP contribution in [0, 0.1) is 5.41 Å². The molecule has 0 bridgehead atoms. The molecule has 1 aromatic heterocycles. The molecule has 0 saturated heterocycles. The number of rotatable bonds is 14. The molecule has 6 atom stereocenters. The zero-order chi connectivity index (χ0) is 36.3. The maximum absolute atomic E-state index is 10.3. The van der Waals surface area contributed by atoms with Gasteiger partial charge in [-0.05, 0) is 19.8 Å². The molecule has 1 heterocycles. The first-order chi connectivity index (χ1) is 20.6. The van der Waals surface area contributed by atoms with E-state index in [-0.39, 0.29) is 18.1 Å². The van der Waals surface area contributed by atoms with Crippen molar-refractivity contribution >= 4 is 48.4 Å². The fourth-order valence-electron chi connectivity index (χ4n) is 1.75. The molecule has 0 aliphatic rings. The van der Waals surface area contributed by atoms with Crippen LogP contribution in [0.5, 0.6) is 0 Å². The molecular weight excluding hydrogens is 628 g/mol. The van der Waals surface area contributed by atoms with Gasteiger partial charge in [-0.2, -0.15) is 12.6 Å². The zero-order valence-corrected chi connectivity index (χ0v) is 25.3. The van der Waals surface area contributed by atoms with Crippen LogP contribution in [0.4, 0.5) is 0 Å². The predicted molar refractivity (Wildman–Crippen MR) is 162 cm³/mol. The van der Waals surface area contributed by atoms with Crippen LogP contribution in [0.25, 0.3) is 0 Å². The number of nitrogens with zero attached hydrogens (tertiary/aromatic N) is 1. The summed E-state index contributed by atoms with van der Waals surface area (Å²) in [5, 5.41) is 66.6. The number of carboxylic acids is 5. The first-order valence-electron chi connectivity index (χ1n) is 12.5. The summed E-state index contributed by atoms with van der Waals surface area (Å²) in [4.78, 5) is 56.3. The minimum absolute atomic E-state index is 0.112. The molecule has 1 rings (SSSR count). The topological polar surface area (TPSA) is 448 Å². The number of hydrogen-bond acceptors (Lipinski definition) is 15. The standard InChI is InChI=1S/C6H14N4O2.C6H9N3O2.C4H9NO3.C3H7NO3.C3H7NO2S/c7-4(5(11)12)2-1-3-10-6(8)9;7-5(6(10)11)1-4-2-8-3-9-4;1-2(6)3(5)4(7)8;4-2(1-5)3(6)7;4-2(1-7)3(5)6/h4H,1-3,7H2,(H,11,12)(H4,8,9,10);2-3,5H,1,7H2,(H,8,9)(H,10,11);2-3,6H,5H2,1H3,(H,7,8);2,5H,1,4H2,(H,6,7);2,7H,1,4H2,(H,5,6). The van der Waals surface area contributed by atoms with Crippen molar-refractivity contribution in [2.24, 2.45) is 34.4 Å². The van der Waals surface area contributed by atoms with Gasteiger partial charge in [0, 0.05) is 24.9 Å². The SMILES string of the molecule is CC(O)C(N)C(=O)O.N=C(N)NCCCC(N)C(=O)O.NC(CO)C(=O)O.NC(CS)C(=O)O.NC(Cc1c[nH]cn1)C(=O)O. The summed E-state index contributed by atoms with van der Waals surface area (Å²) in [6.07, 6.45) is 3.38. The number of nitrogens with one attached hydrogen (secondary N) is 3. The summed E-state index contributed by atoms with van der Waals surface area (Å²) in [6.45, 7) is 1.31. The Bertz CT molecular complexity index is 968. The van der Waals surface area contributed by atoms with E-state index in [1.807, 2.05) is 0 Å².